The van der Waals surface area contributed by atoms with Gasteiger partial charge in [0, 0.05) is 12.8 Å². The van der Waals surface area contributed by atoms with Crippen LogP contribution in [0.2, 0.25) is 0 Å². The first-order valence-electron chi connectivity index (χ1n) is 23.9. The minimum absolute atomic E-state index is 0.171. The Balaban J connectivity index is 4.30. The van der Waals surface area contributed by atoms with Crippen molar-refractivity contribution in [3.63, 3.8) is 0 Å². The van der Waals surface area contributed by atoms with Gasteiger partial charge in [-0.3, -0.25) is 18.6 Å². The zero-order valence-electron chi connectivity index (χ0n) is 38.4. The van der Waals surface area contributed by atoms with Gasteiger partial charge in [-0.05, 0) is 83.5 Å². The van der Waals surface area contributed by atoms with Crippen molar-refractivity contribution >= 4 is 19.8 Å². The predicted molar refractivity (Wildman–Crippen MR) is 251 cm³/mol. The van der Waals surface area contributed by atoms with Gasteiger partial charge in [-0.1, -0.05) is 170 Å². The Morgan fingerprint density at radius 2 is 0.902 bits per heavy atom. The van der Waals surface area contributed by atoms with Crippen LogP contribution in [0.25, 0.3) is 0 Å². The number of rotatable bonds is 44. The average molecular weight is 879 g/mol. The van der Waals surface area contributed by atoms with Gasteiger partial charge >= 0.3 is 19.8 Å². The third kappa shape index (κ3) is 45.3. The van der Waals surface area contributed by atoms with E-state index in [0.717, 1.165) is 70.6 Å². The van der Waals surface area contributed by atoms with Crippen molar-refractivity contribution in [1.82, 2.24) is 0 Å². The Labute approximate surface area is 371 Å². The van der Waals surface area contributed by atoms with Gasteiger partial charge < -0.3 is 24.6 Å². The monoisotopic (exact) mass is 879 g/mol. The van der Waals surface area contributed by atoms with Gasteiger partial charge in [0.05, 0.1) is 19.8 Å². The van der Waals surface area contributed by atoms with Crippen LogP contribution in [0.3, 0.4) is 0 Å². The number of phosphoric ester groups is 1. The van der Waals surface area contributed by atoms with E-state index in [1.165, 1.54) is 83.5 Å². The Hall–Kier alpha value is -2.59. The van der Waals surface area contributed by atoms with Gasteiger partial charge in [0.15, 0.2) is 6.10 Å². The number of carbonyl (C=O) groups is 2. The van der Waals surface area contributed by atoms with Crippen molar-refractivity contribution in [1.29, 1.82) is 0 Å². The van der Waals surface area contributed by atoms with Crippen LogP contribution in [0.5, 0.6) is 0 Å². The maximum Gasteiger partial charge on any atom is 0.472 e. The Morgan fingerprint density at radius 3 is 1.39 bits per heavy atom. The van der Waals surface area contributed by atoms with E-state index in [4.69, 9.17) is 23.6 Å². The molecule has 0 aliphatic carbocycles. The lowest BCUT2D eigenvalue weighted by Gasteiger charge is -2.20. The highest BCUT2D eigenvalue weighted by Crippen LogP contribution is 2.43. The summed E-state index contributed by atoms with van der Waals surface area (Å²) in [5, 5.41) is 18.4. The number of unbranched alkanes of at least 4 members (excludes halogenated alkanes) is 18. The summed E-state index contributed by atoms with van der Waals surface area (Å²) in [5.74, 6) is -0.967. The van der Waals surface area contributed by atoms with Gasteiger partial charge in [-0.2, -0.15) is 0 Å². The topological polar surface area (TPSA) is 149 Å². The summed E-state index contributed by atoms with van der Waals surface area (Å²) in [7, 11) is -4.63. The van der Waals surface area contributed by atoms with E-state index in [9.17, 15) is 24.2 Å². The molecule has 0 saturated carbocycles. The summed E-state index contributed by atoms with van der Waals surface area (Å²) < 4.78 is 32.8. The molecular weight excluding hydrogens is 792 g/mol. The van der Waals surface area contributed by atoms with E-state index in [0.29, 0.717) is 12.8 Å². The number of allylic oxidation sites excluding steroid dienone is 12. The molecule has 0 bridgehead atoms. The van der Waals surface area contributed by atoms with Gasteiger partial charge in [0.2, 0.25) is 0 Å². The Morgan fingerprint density at radius 1 is 0.508 bits per heavy atom. The average Bonchev–Trinajstić information content (AvgIpc) is 3.25. The first-order chi connectivity index (χ1) is 29.7. The number of aliphatic hydroxyl groups is 2. The first-order valence-corrected chi connectivity index (χ1v) is 25.4. The highest BCUT2D eigenvalue weighted by Gasteiger charge is 2.27. The van der Waals surface area contributed by atoms with Crippen LogP contribution in [0.1, 0.15) is 194 Å². The molecule has 0 aliphatic rings. The molecule has 61 heavy (non-hydrogen) atoms. The Bertz CT molecular complexity index is 1240. The fourth-order valence-corrected chi connectivity index (χ4v) is 6.98. The third-order valence-electron chi connectivity index (χ3n) is 9.84. The Kier molecular flexibility index (Phi) is 43.5. The van der Waals surface area contributed by atoms with Crippen molar-refractivity contribution in [3.05, 3.63) is 72.9 Å². The molecule has 0 fully saturated rings. The van der Waals surface area contributed by atoms with E-state index in [1.807, 2.05) is 0 Å². The lowest BCUT2D eigenvalue weighted by atomic mass is 10.1. The predicted octanol–water partition coefficient (Wildman–Crippen LogP) is 13.2. The number of aliphatic hydroxyl groups excluding tert-OH is 2. The summed E-state index contributed by atoms with van der Waals surface area (Å²) in [4.78, 5) is 35.1. The van der Waals surface area contributed by atoms with Crippen molar-refractivity contribution in [2.75, 3.05) is 26.4 Å². The molecule has 0 rings (SSSR count). The zero-order valence-corrected chi connectivity index (χ0v) is 39.3. The van der Waals surface area contributed by atoms with Gasteiger partial charge in [0.25, 0.3) is 0 Å². The van der Waals surface area contributed by atoms with Crippen LogP contribution in [0.15, 0.2) is 72.9 Å². The highest BCUT2D eigenvalue weighted by molar-refractivity contribution is 7.47. The van der Waals surface area contributed by atoms with Crippen LogP contribution >= 0.6 is 7.82 Å². The summed E-state index contributed by atoms with van der Waals surface area (Å²) >= 11 is 0. The molecule has 0 heterocycles. The molecule has 352 valence electrons. The van der Waals surface area contributed by atoms with Crippen LogP contribution in [0.4, 0.5) is 0 Å². The van der Waals surface area contributed by atoms with Gasteiger partial charge in [0.1, 0.15) is 12.7 Å². The highest BCUT2D eigenvalue weighted by atomic mass is 31.2. The maximum absolute atomic E-state index is 12.7. The third-order valence-corrected chi connectivity index (χ3v) is 10.8. The smallest absolute Gasteiger partial charge is 0.462 e. The molecule has 0 aromatic rings. The van der Waals surface area contributed by atoms with E-state index < -0.39 is 51.8 Å². The molecule has 0 amide bonds. The maximum atomic E-state index is 12.7. The summed E-state index contributed by atoms with van der Waals surface area (Å²) in [5.41, 5.74) is 0. The summed E-state index contributed by atoms with van der Waals surface area (Å²) in [6.07, 6.45) is 52.9. The molecule has 0 spiro atoms. The lowest BCUT2D eigenvalue weighted by Crippen LogP contribution is -2.29. The zero-order chi connectivity index (χ0) is 44.8. The fraction of sp³-hybridized carbons (Fsp3) is 0.720. The molecule has 3 atom stereocenters. The van der Waals surface area contributed by atoms with Crippen molar-refractivity contribution in [2.45, 2.75) is 206 Å². The quantitative estimate of drug-likeness (QED) is 0.0234. The summed E-state index contributed by atoms with van der Waals surface area (Å²) in [6, 6.07) is 0. The van der Waals surface area contributed by atoms with Gasteiger partial charge in [-0.15, -0.1) is 0 Å². The molecule has 0 aliphatic heterocycles. The molecule has 1 unspecified atom stereocenters. The molecule has 0 aromatic carbocycles. The second-order valence-corrected chi connectivity index (χ2v) is 17.2. The second-order valence-electron chi connectivity index (χ2n) is 15.7. The van der Waals surface area contributed by atoms with E-state index in [2.05, 4.69) is 86.8 Å². The van der Waals surface area contributed by atoms with Crippen LogP contribution in [-0.4, -0.2) is 65.7 Å². The van der Waals surface area contributed by atoms with Crippen LogP contribution in [0, 0.1) is 0 Å². The van der Waals surface area contributed by atoms with Crippen molar-refractivity contribution in [3.8, 4) is 0 Å². The van der Waals surface area contributed by atoms with Crippen molar-refractivity contribution in [2.24, 2.45) is 0 Å². The molecular formula is C50H87O10P. The van der Waals surface area contributed by atoms with E-state index in [1.54, 1.807) is 0 Å². The first kappa shape index (κ1) is 58.4. The number of ether oxygens (including phenoxy) is 2. The van der Waals surface area contributed by atoms with Gasteiger partial charge in [-0.25, -0.2) is 4.57 Å². The largest absolute Gasteiger partial charge is 0.472 e. The molecule has 0 saturated heterocycles. The minimum atomic E-state index is -4.63. The molecule has 3 N–H and O–H groups in total. The molecule has 11 heteroatoms. The van der Waals surface area contributed by atoms with E-state index in [-0.39, 0.29) is 19.4 Å². The normalized spacial score (nSPS) is 14.4. The number of phosphoric acid groups is 1. The summed E-state index contributed by atoms with van der Waals surface area (Å²) in [6.45, 7) is 2.23. The fourth-order valence-electron chi connectivity index (χ4n) is 6.19. The standard InChI is InChI=1S/C50H87O10P/c1-3-5-7-9-11-13-15-17-19-21-23-25-27-29-31-33-35-37-39-41-49(53)57-45-48(46-59-61(55,56)58-44-47(52)43-51)60-50(54)42-40-38-36-34-32-30-28-26-24-22-20-18-16-14-12-10-8-6-4-2/h5,7,11,13,17-20,23,25,29,31,47-48,51-52H,3-4,6,8-10,12,14-16,21-22,24,26-28,30,32-46H2,1-2H3,(H,55,56)/b7-5-,13-11-,19-17-,20-18-,25-23-,31-29-/t47-,48+/m0/s1. The van der Waals surface area contributed by atoms with Crippen molar-refractivity contribution < 1.29 is 47.8 Å². The number of hydrogen-bond acceptors (Lipinski definition) is 9. The number of carbonyl (C=O) groups excluding carboxylic acids is 2. The molecule has 0 radical (unpaired) electrons. The lowest BCUT2D eigenvalue weighted by molar-refractivity contribution is -0.161. The van der Waals surface area contributed by atoms with Crippen LogP contribution in [-0.2, 0) is 32.7 Å². The van der Waals surface area contributed by atoms with Crippen LogP contribution < -0.4 is 0 Å². The SMILES string of the molecule is CC/C=C\C/C=C\C/C=C\C/C=C\C/C=C\CCCCCC(=O)OC[C@H](COP(=O)(O)OC[C@@H](O)CO)OC(=O)CCCCCCCCCCC/C=C\CCCCCCCC. The van der Waals surface area contributed by atoms with E-state index >= 15 is 0 Å². The molecule has 0 aromatic heterocycles. The number of hydrogen-bond donors (Lipinski definition) is 3. The number of esters is 2. The molecule has 10 nitrogen and oxygen atoms in total. The minimum Gasteiger partial charge on any atom is -0.462 e. The second kappa shape index (κ2) is 45.4.